The van der Waals surface area contributed by atoms with Crippen molar-refractivity contribution in [1.82, 2.24) is 5.32 Å². The predicted octanol–water partition coefficient (Wildman–Crippen LogP) is 2.16. The number of hydrogen-bond acceptors (Lipinski definition) is 2. The summed E-state index contributed by atoms with van der Waals surface area (Å²) in [5, 5.41) is 3.67. The summed E-state index contributed by atoms with van der Waals surface area (Å²) < 4.78 is 5.51. The van der Waals surface area contributed by atoms with Crippen LogP contribution in [-0.4, -0.2) is 31.2 Å². The Morgan fingerprint density at radius 1 is 1.54 bits per heavy atom. The molecule has 0 amide bonds. The van der Waals surface area contributed by atoms with Crippen molar-refractivity contribution in [3.8, 4) is 0 Å². The van der Waals surface area contributed by atoms with Crippen molar-refractivity contribution in [2.45, 2.75) is 44.1 Å². The van der Waals surface area contributed by atoms with Crippen molar-refractivity contribution in [3.63, 3.8) is 0 Å². The van der Waals surface area contributed by atoms with E-state index >= 15 is 0 Å². The fourth-order valence-corrected chi connectivity index (χ4v) is 1.67. The van der Waals surface area contributed by atoms with Crippen LogP contribution < -0.4 is 5.32 Å². The Morgan fingerprint density at radius 2 is 2.38 bits per heavy atom. The van der Waals surface area contributed by atoms with Crippen molar-refractivity contribution in [3.05, 3.63) is 0 Å². The molecule has 0 spiro atoms. The van der Waals surface area contributed by atoms with Crippen LogP contribution in [0.15, 0.2) is 0 Å². The zero-order valence-electron chi connectivity index (χ0n) is 8.39. The molecule has 0 radical (unpaired) electrons. The highest BCUT2D eigenvalue weighted by Crippen LogP contribution is 2.14. The summed E-state index contributed by atoms with van der Waals surface area (Å²) >= 11 is 5.82. The molecule has 1 fully saturated rings. The van der Waals surface area contributed by atoms with Gasteiger partial charge in [-0.25, -0.2) is 0 Å². The number of rotatable bonds is 6. The smallest absolute Gasteiger partial charge is 0.0588 e. The van der Waals surface area contributed by atoms with E-state index in [2.05, 4.69) is 5.32 Å². The lowest BCUT2D eigenvalue weighted by molar-refractivity contribution is 0.104. The van der Waals surface area contributed by atoms with E-state index in [1.54, 1.807) is 0 Å². The van der Waals surface area contributed by atoms with Gasteiger partial charge in [0.25, 0.3) is 0 Å². The van der Waals surface area contributed by atoms with Crippen molar-refractivity contribution in [1.29, 1.82) is 0 Å². The normalized spacial score (nSPS) is 24.9. The molecule has 0 aromatic rings. The van der Waals surface area contributed by atoms with Gasteiger partial charge in [0.1, 0.15) is 0 Å². The quantitative estimate of drug-likeness (QED) is 0.530. The van der Waals surface area contributed by atoms with Crippen LogP contribution in [0.1, 0.15) is 32.6 Å². The van der Waals surface area contributed by atoms with Crippen molar-refractivity contribution in [2.24, 2.45) is 0 Å². The minimum Gasteiger partial charge on any atom is -0.378 e. The zero-order valence-corrected chi connectivity index (χ0v) is 9.15. The largest absolute Gasteiger partial charge is 0.378 e. The average molecular weight is 206 g/mol. The molecule has 2 nitrogen and oxygen atoms in total. The Labute approximate surface area is 86.0 Å². The standard InChI is InChI=1S/C10H20ClNO/c1-9(11)4-6-12-7-5-10-3-2-8-13-10/h9-10,12H,2-8H2,1H3. The number of hydrogen-bond donors (Lipinski definition) is 1. The van der Waals surface area contributed by atoms with E-state index in [9.17, 15) is 0 Å². The monoisotopic (exact) mass is 205 g/mol. The summed E-state index contributed by atoms with van der Waals surface area (Å²) in [6.07, 6.45) is 5.20. The molecule has 2 unspecified atom stereocenters. The van der Waals surface area contributed by atoms with Gasteiger partial charge in [-0.05, 0) is 45.7 Å². The molecule has 1 aliphatic rings. The van der Waals surface area contributed by atoms with Crippen molar-refractivity contribution >= 4 is 11.6 Å². The van der Waals surface area contributed by atoms with Gasteiger partial charge in [-0.15, -0.1) is 11.6 Å². The van der Waals surface area contributed by atoms with Crippen LogP contribution in [0, 0.1) is 0 Å². The number of alkyl halides is 1. The Balaban J connectivity index is 1.83. The molecule has 0 aliphatic carbocycles. The highest BCUT2D eigenvalue weighted by Gasteiger charge is 2.14. The maximum Gasteiger partial charge on any atom is 0.0588 e. The highest BCUT2D eigenvalue weighted by atomic mass is 35.5. The first-order valence-corrected chi connectivity index (χ1v) is 5.69. The summed E-state index contributed by atoms with van der Waals surface area (Å²) in [4.78, 5) is 0. The highest BCUT2D eigenvalue weighted by molar-refractivity contribution is 6.20. The molecule has 0 saturated carbocycles. The molecule has 1 aliphatic heterocycles. The second kappa shape index (κ2) is 6.63. The lowest BCUT2D eigenvalue weighted by Crippen LogP contribution is -2.22. The second-order valence-electron chi connectivity index (χ2n) is 3.74. The van der Waals surface area contributed by atoms with Gasteiger partial charge in [0.15, 0.2) is 0 Å². The van der Waals surface area contributed by atoms with E-state index in [0.29, 0.717) is 6.10 Å². The molecule has 0 bridgehead atoms. The Kier molecular flexibility index (Phi) is 5.76. The fraction of sp³-hybridized carbons (Fsp3) is 1.00. The molecule has 13 heavy (non-hydrogen) atoms. The molecule has 2 atom stereocenters. The van der Waals surface area contributed by atoms with Crippen LogP contribution >= 0.6 is 11.6 Å². The third-order valence-corrected chi connectivity index (χ3v) is 2.60. The van der Waals surface area contributed by atoms with Crippen LogP contribution in [0.5, 0.6) is 0 Å². The van der Waals surface area contributed by atoms with E-state index in [0.717, 1.165) is 32.5 Å². The molecular formula is C10H20ClNO. The fourth-order valence-electron chi connectivity index (χ4n) is 1.56. The SMILES string of the molecule is CC(Cl)CCNCCC1CCCO1. The van der Waals surface area contributed by atoms with E-state index in [1.807, 2.05) is 6.92 Å². The first kappa shape index (κ1) is 11.3. The molecule has 0 aromatic carbocycles. The maximum atomic E-state index is 5.82. The van der Waals surface area contributed by atoms with Gasteiger partial charge in [0.05, 0.1) is 6.10 Å². The molecular weight excluding hydrogens is 186 g/mol. The number of halogens is 1. The molecule has 78 valence electrons. The minimum absolute atomic E-state index is 0.287. The summed E-state index contributed by atoms with van der Waals surface area (Å²) in [6, 6.07) is 0. The predicted molar refractivity (Wildman–Crippen MR) is 56.4 cm³/mol. The Hall–Kier alpha value is 0.210. The Bertz CT molecular complexity index is 124. The molecule has 0 aromatic heterocycles. The molecule has 1 saturated heterocycles. The van der Waals surface area contributed by atoms with Crippen LogP contribution in [0.25, 0.3) is 0 Å². The van der Waals surface area contributed by atoms with Crippen LogP contribution in [0.4, 0.5) is 0 Å². The van der Waals surface area contributed by atoms with Crippen LogP contribution in [0.3, 0.4) is 0 Å². The van der Waals surface area contributed by atoms with E-state index in [-0.39, 0.29) is 5.38 Å². The van der Waals surface area contributed by atoms with Crippen LogP contribution in [-0.2, 0) is 4.74 Å². The van der Waals surface area contributed by atoms with Crippen molar-refractivity contribution in [2.75, 3.05) is 19.7 Å². The van der Waals surface area contributed by atoms with E-state index in [1.165, 1.54) is 12.8 Å². The molecule has 1 rings (SSSR count). The van der Waals surface area contributed by atoms with Crippen molar-refractivity contribution < 1.29 is 4.74 Å². The number of nitrogens with one attached hydrogen (secondary N) is 1. The van der Waals surface area contributed by atoms with Gasteiger partial charge in [0, 0.05) is 12.0 Å². The van der Waals surface area contributed by atoms with Gasteiger partial charge in [0.2, 0.25) is 0 Å². The third kappa shape index (κ3) is 5.50. The second-order valence-corrected chi connectivity index (χ2v) is 4.49. The lowest BCUT2D eigenvalue weighted by Gasteiger charge is -2.10. The third-order valence-electron chi connectivity index (χ3n) is 2.39. The minimum atomic E-state index is 0.287. The van der Waals surface area contributed by atoms with Gasteiger partial charge < -0.3 is 10.1 Å². The molecule has 3 heteroatoms. The topological polar surface area (TPSA) is 21.3 Å². The number of ether oxygens (including phenoxy) is 1. The zero-order chi connectivity index (χ0) is 9.52. The first-order chi connectivity index (χ1) is 6.29. The van der Waals surface area contributed by atoms with Gasteiger partial charge in [-0.2, -0.15) is 0 Å². The van der Waals surface area contributed by atoms with E-state index in [4.69, 9.17) is 16.3 Å². The molecule has 1 N–H and O–H groups in total. The Morgan fingerprint density at radius 3 is 3.00 bits per heavy atom. The van der Waals surface area contributed by atoms with Gasteiger partial charge in [-0.3, -0.25) is 0 Å². The summed E-state index contributed by atoms with van der Waals surface area (Å²) in [6.45, 7) is 5.08. The average Bonchev–Trinajstić information content (AvgIpc) is 2.55. The van der Waals surface area contributed by atoms with Crippen LogP contribution in [0.2, 0.25) is 0 Å². The van der Waals surface area contributed by atoms with Gasteiger partial charge >= 0.3 is 0 Å². The summed E-state index contributed by atoms with van der Waals surface area (Å²) in [5.41, 5.74) is 0. The lowest BCUT2D eigenvalue weighted by atomic mass is 10.2. The first-order valence-electron chi connectivity index (χ1n) is 5.25. The summed E-state index contributed by atoms with van der Waals surface area (Å²) in [5.74, 6) is 0. The molecule has 1 heterocycles. The maximum absolute atomic E-state index is 5.82. The summed E-state index contributed by atoms with van der Waals surface area (Å²) in [7, 11) is 0. The van der Waals surface area contributed by atoms with Gasteiger partial charge in [-0.1, -0.05) is 0 Å². The van der Waals surface area contributed by atoms with E-state index < -0.39 is 0 Å².